The van der Waals surface area contributed by atoms with Gasteiger partial charge in [0.2, 0.25) is 5.91 Å². The van der Waals surface area contributed by atoms with E-state index in [2.05, 4.69) is 15.4 Å². The summed E-state index contributed by atoms with van der Waals surface area (Å²) in [6, 6.07) is 8.83. The quantitative estimate of drug-likeness (QED) is 0.732. The molecular weight excluding hydrogens is 288 g/mol. The van der Waals surface area contributed by atoms with E-state index in [1.165, 1.54) is 7.11 Å². The van der Waals surface area contributed by atoms with Crippen molar-refractivity contribution in [3.8, 4) is 0 Å². The molecule has 0 saturated heterocycles. The van der Waals surface area contributed by atoms with E-state index >= 15 is 0 Å². The van der Waals surface area contributed by atoms with Gasteiger partial charge in [0, 0.05) is 6.04 Å². The first-order valence-corrected chi connectivity index (χ1v) is 6.82. The van der Waals surface area contributed by atoms with Gasteiger partial charge in [0.25, 0.3) is 0 Å². The van der Waals surface area contributed by atoms with E-state index in [4.69, 9.17) is 4.74 Å². The second-order valence-corrected chi connectivity index (χ2v) is 4.66. The number of nitrogens with one attached hydrogen (secondary N) is 2. The molecule has 120 valence electrons. The summed E-state index contributed by atoms with van der Waals surface area (Å²) in [6.07, 6.45) is -0.611. The Bertz CT molecular complexity index is 504. The third-order valence-electron chi connectivity index (χ3n) is 2.71. The molecule has 0 unspecified atom stereocenters. The van der Waals surface area contributed by atoms with Gasteiger partial charge >= 0.3 is 12.1 Å². The molecule has 0 aliphatic rings. The molecule has 0 bridgehead atoms. The third-order valence-corrected chi connectivity index (χ3v) is 2.71. The highest BCUT2D eigenvalue weighted by Crippen LogP contribution is 2.00. The topological polar surface area (TPSA) is 93.7 Å². The molecule has 0 spiro atoms. The number of benzene rings is 1. The summed E-state index contributed by atoms with van der Waals surface area (Å²) in [7, 11) is 1.28. The number of esters is 1. The van der Waals surface area contributed by atoms with Gasteiger partial charge in [0.15, 0.2) is 0 Å². The summed E-state index contributed by atoms with van der Waals surface area (Å²) in [5, 5.41) is 4.90. The van der Waals surface area contributed by atoms with Crippen LogP contribution in [0, 0.1) is 0 Å². The Morgan fingerprint density at radius 2 is 1.86 bits per heavy atom. The molecule has 0 aliphatic heterocycles. The highest BCUT2D eigenvalue weighted by atomic mass is 16.5. The van der Waals surface area contributed by atoms with E-state index in [0.29, 0.717) is 0 Å². The van der Waals surface area contributed by atoms with E-state index < -0.39 is 18.0 Å². The van der Waals surface area contributed by atoms with Crippen molar-refractivity contribution in [2.75, 3.05) is 13.7 Å². The predicted molar refractivity (Wildman–Crippen MR) is 78.9 cm³/mol. The van der Waals surface area contributed by atoms with Crippen LogP contribution in [0.15, 0.2) is 30.3 Å². The predicted octanol–water partition coefficient (Wildman–Crippen LogP) is 0.981. The van der Waals surface area contributed by atoms with Crippen LogP contribution in [0.25, 0.3) is 0 Å². The van der Waals surface area contributed by atoms with Crippen LogP contribution in [-0.2, 0) is 25.7 Å². The van der Waals surface area contributed by atoms with Crippen LogP contribution in [0.4, 0.5) is 4.79 Å². The Morgan fingerprint density at radius 1 is 1.18 bits per heavy atom. The lowest BCUT2D eigenvalue weighted by Crippen LogP contribution is -2.41. The minimum Gasteiger partial charge on any atom is -0.469 e. The van der Waals surface area contributed by atoms with Gasteiger partial charge in [-0.25, -0.2) is 4.79 Å². The smallest absolute Gasteiger partial charge is 0.407 e. The van der Waals surface area contributed by atoms with Gasteiger partial charge in [-0.1, -0.05) is 30.3 Å². The maximum Gasteiger partial charge on any atom is 0.407 e. The second kappa shape index (κ2) is 9.38. The summed E-state index contributed by atoms with van der Waals surface area (Å²) in [5.74, 6) is -0.823. The van der Waals surface area contributed by atoms with Crippen LogP contribution in [-0.4, -0.2) is 37.7 Å². The molecule has 2 amide bonds. The molecule has 1 rings (SSSR count). The second-order valence-electron chi connectivity index (χ2n) is 4.66. The monoisotopic (exact) mass is 308 g/mol. The molecular formula is C15H20N2O5. The molecule has 1 aromatic carbocycles. The summed E-state index contributed by atoms with van der Waals surface area (Å²) >= 11 is 0. The number of carbonyl (C=O) groups excluding carboxylic acids is 3. The molecule has 0 radical (unpaired) electrons. The Labute approximate surface area is 129 Å². The van der Waals surface area contributed by atoms with Crippen LogP contribution in [0.2, 0.25) is 0 Å². The molecule has 0 aliphatic carbocycles. The minimum absolute atomic E-state index is 0.0701. The zero-order chi connectivity index (χ0) is 16.4. The van der Waals surface area contributed by atoms with E-state index in [1.54, 1.807) is 6.92 Å². The summed E-state index contributed by atoms with van der Waals surface area (Å²) in [6.45, 7) is 1.58. The summed E-state index contributed by atoms with van der Waals surface area (Å²) in [5.41, 5.74) is 0.855. The maximum atomic E-state index is 11.6. The molecule has 0 fully saturated rings. The number of carbonyl (C=O) groups is 3. The third kappa shape index (κ3) is 7.28. The minimum atomic E-state index is -0.681. The van der Waals surface area contributed by atoms with E-state index in [9.17, 15) is 14.4 Å². The normalized spacial score (nSPS) is 11.2. The van der Waals surface area contributed by atoms with Crippen LogP contribution in [0.3, 0.4) is 0 Å². The SMILES string of the molecule is COC(=O)C[C@@H](C)NC(=O)CNC(=O)OCc1ccccc1. The average molecular weight is 308 g/mol. The number of amides is 2. The van der Waals surface area contributed by atoms with Crippen LogP contribution in [0.5, 0.6) is 0 Å². The molecule has 1 atom stereocenters. The summed E-state index contributed by atoms with van der Waals surface area (Å²) < 4.78 is 9.46. The van der Waals surface area contributed by atoms with E-state index in [0.717, 1.165) is 5.56 Å². The fourth-order valence-corrected chi connectivity index (χ4v) is 1.64. The zero-order valence-electron chi connectivity index (χ0n) is 12.6. The Balaban J connectivity index is 2.20. The van der Waals surface area contributed by atoms with Crippen LogP contribution in [0.1, 0.15) is 18.9 Å². The molecule has 0 saturated carbocycles. The summed E-state index contributed by atoms with van der Waals surface area (Å²) in [4.78, 5) is 34.0. The molecule has 1 aromatic rings. The van der Waals surface area contributed by atoms with Crippen molar-refractivity contribution in [3.63, 3.8) is 0 Å². The van der Waals surface area contributed by atoms with Crippen molar-refractivity contribution >= 4 is 18.0 Å². The lowest BCUT2D eigenvalue weighted by Gasteiger charge is -2.13. The standard InChI is InChI=1S/C15H20N2O5/c1-11(8-14(19)21-2)17-13(18)9-16-15(20)22-10-12-6-4-3-5-7-12/h3-7,11H,8-10H2,1-2H3,(H,16,20)(H,17,18)/t11-/m1/s1. The Hall–Kier alpha value is -2.57. The lowest BCUT2D eigenvalue weighted by molar-refractivity contribution is -0.141. The Morgan fingerprint density at radius 3 is 2.50 bits per heavy atom. The van der Waals surface area contributed by atoms with Crippen molar-refractivity contribution in [2.45, 2.75) is 26.0 Å². The lowest BCUT2D eigenvalue weighted by atomic mass is 10.2. The molecule has 22 heavy (non-hydrogen) atoms. The number of hydrogen-bond donors (Lipinski definition) is 2. The van der Waals surface area contributed by atoms with Crippen molar-refractivity contribution in [3.05, 3.63) is 35.9 Å². The maximum absolute atomic E-state index is 11.6. The number of methoxy groups -OCH3 is 1. The number of hydrogen-bond acceptors (Lipinski definition) is 5. The zero-order valence-corrected chi connectivity index (χ0v) is 12.6. The first-order valence-electron chi connectivity index (χ1n) is 6.82. The highest BCUT2D eigenvalue weighted by Gasteiger charge is 2.13. The Kier molecular flexibility index (Phi) is 7.45. The largest absolute Gasteiger partial charge is 0.469 e. The molecule has 7 heteroatoms. The van der Waals surface area contributed by atoms with Crippen LogP contribution < -0.4 is 10.6 Å². The average Bonchev–Trinajstić information content (AvgIpc) is 2.51. The molecule has 0 aromatic heterocycles. The van der Waals surface area contributed by atoms with Crippen LogP contribution >= 0.6 is 0 Å². The van der Waals surface area contributed by atoms with E-state index in [1.807, 2.05) is 30.3 Å². The van der Waals surface area contributed by atoms with Crippen molar-refractivity contribution in [2.24, 2.45) is 0 Å². The van der Waals surface area contributed by atoms with Gasteiger partial charge in [-0.3, -0.25) is 9.59 Å². The number of ether oxygens (including phenoxy) is 2. The van der Waals surface area contributed by atoms with Gasteiger partial charge < -0.3 is 20.1 Å². The first-order chi connectivity index (χ1) is 10.5. The van der Waals surface area contributed by atoms with Gasteiger partial charge in [-0.2, -0.15) is 0 Å². The van der Waals surface area contributed by atoms with Gasteiger partial charge in [-0.05, 0) is 12.5 Å². The molecule has 7 nitrogen and oxygen atoms in total. The van der Waals surface area contributed by atoms with E-state index in [-0.39, 0.29) is 25.6 Å². The fraction of sp³-hybridized carbons (Fsp3) is 0.400. The number of alkyl carbamates (subject to hydrolysis) is 1. The van der Waals surface area contributed by atoms with Gasteiger partial charge in [0.1, 0.15) is 13.2 Å². The van der Waals surface area contributed by atoms with Crippen molar-refractivity contribution in [1.29, 1.82) is 0 Å². The first kappa shape index (κ1) is 17.5. The van der Waals surface area contributed by atoms with Gasteiger partial charge in [0.05, 0.1) is 13.5 Å². The van der Waals surface area contributed by atoms with Crippen molar-refractivity contribution < 1.29 is 23.9 Å². The molecule has 2 N–H and O–H groups in total. The number of rotatable bonds is 7. The van der Waals surface area contributed by atoms with Crippen molar-refractivity contribution in [1.82, 2.24) is 10.6 Å². The van der Waals surface area contributed by atoms with Gasteiger partial charge in [-0.15, -0.1) is 0 Å². The molecule has 0 heterocycles. The highest BCUT2D eigenvalue weighted by molar-refractivity contribution is 5.82. The fourth-order valence-electron chi connectivity index (χ4n) is 1.64.